The summed E-state index contributed by atoms with van der Waals surface area (Å²) in [6, 6.07) is 9.38. The van der Waals surface area contributed by atoms with Crippen LogP contribution in [0.4, 0.5) is 13.2 Å². The predicted molar refractivity (Wildman–Crippen MR) is 80.4 cm³/mol. The molecule has 0 saturated carbocycles. The highest BCUT2D eigenvalue weighted by Gasteiger charge is 2.43. The molecule has 0 spiro atoms. The molecule has 2 unspecified atom stereocenters. The summed E-state index contributed by atoms with van der Waals surface area (Å²) in [6.45, 7) is 6.10. The maximum Gasteiger partial charge on any atom is 0.415 e. The first-order valence-electron chi connectivity index (χ1n) is 7.34. The van der Waals surface area contributed by atoms with Gasteiger partial charge >= 0.3 is 6.18 Å². The van der Waals surface area contributed by atoms with E-state index >= 15 is 0 Å². The van der Waals surface area contributed by atoms with Crippen LogP contribution in [-0.4, -0.2) is 30.2 Å². The fraction of sp³-hybridized carbons (Fsp3) is 0.562. The molecule has 3 atom stereocenters. The van der Waals surface area contributed by atoms with Crippen LogP contribution in [0.15, 0.2) is 30.3 Å². The highest BCUT2D eigenvalue weighted by Crippen LogP contribution is 2.26. The van der Waals surface area contributed by atoms with Crippen molar-refractivity contribution < 1.29 is 23.1 Å². The summed E-state index contributed by atoms with van der Waals surface area (Å²) in [5.74, 6) is -1.44. The third-order valence-electron chi connectivity index (χ3n) is 3.14. The van der Waals surface area contributed by atoms with E-state index in [1.165, 1.54) is 0 Å². The van der Waals surface area contributed by atoms with Crippen LogP contribution in [0.1, 0.15) is 38.8 Å². The van der Waals surface area contributed by atoms with Gasteiger partial charge < -0.3 is 15.2 Å². The molecule has 1 aromatic carbocycles. The summed E-state index contributed by atoms with van der Waals surface area (Å²) in [5.41, 5.74) is 1.01. The standard InChI is InChI=1S/C14H18F3NO2.C2H6/c1-10(11-5-3-2-4-6-11)18-8-7-12(9-19)13(20)14(15,16)17;1-2/h2-6,9-10,12-13,18,20H,7-8H2,1H3;1-2H3/t10-,12?,13?;/m1./s1. The zero-order chi connectivity index (χ0) is 17.2. The van der Waals surface area contributed by atoms with E-state index in [1.807, 2.05) is 51.1 Å². The number of carbonyl (C=O) groups excluding carboxylic acids is 1. The van der Waals surface area contributed by atoms with Crippen molar-refractivity contribution in [3.8, 4) is 0 Å². The molecule has 3 nitrogen and oxygen atoms in total. The van der Waals surface area contributed by atoms with Crippen LogP contribution in [-0.2, 0) is 4.79 Å². The van der Waals surface area contributed by atoms with Gasteiger partial charge in [-0.1, -0.05) is 44.2 Å². The van der Waals surface area contributed by atoms with Gasteiger partial charge in [0.25, 0.3) is 0 Å². The van der Waals surface area contributed by atoms with Crippen LogP contribution in [0, 0.1) is 5.92 Å². The van der Waals surface area contributed by atoms with E-state index < -0.39 is 18.2 Å². The van der Waals surface area contributed by atoms with Crippen LogP contribution >= 0.6 is 0 Å². The fourth-order valence-corrected chi connectivity index (χ4v) is 1.87. The molecule has 6 heteroatoms. The van der Waals surface area contributed by atoms with Gasteiger partial charge in [-0.2, -0.15) is 13.2 Å². The van der Waals surface area contributed by atoms with Crippen molar-refractivity contribution in [2.45, 2.75) is 45.5 Å². The van der Waals surface area contributed by atoms with Gasteiger partial charge in [0, 0.05) is 6.04 Å². The summed E-state index contributed by atoms with van der Waals surface area (Å²) >= 11 is 0. The van der Waals surface area contributed by atoms with E-state index in [2.05, 4.69) is 5.32 Å². The smallest absolute Gasteiger partial charge is 0.383 e. The Morgan fingerprint density at radius 1 is 1.23 bits per heavy atom. The van der Waals surface area contributed by atoms with Gasteiger partial charge in [-0.05, 0) is 25.5 Å². The van der Waals surface area contributed by atoms with Crippen molar-refractivity contribution in [3.63, 3.8) is 0 Å². The van der Waals surface area contributed by atoms with Gasteiger partial charge in [-0.25, -0.2) is 0 Å². The highest BCUT2D eigenvalue weighted by atomic mass is 19.4. The first-order chi connectivity index (χ1) is 10.4. The van der Waals surface area contributed by atoms with Gasteiger partial charge in [-0.3, -0.25) is 0 Å². The summed E-state index contributed by atoms with van der Waals surface area (Å²) in [7, 11) is 0. The molecule has 0 aliphatic carbocycles. The maximum absolute atomic E-state index is 12.3. The third-order valence-corrected chi connectivity index (χ3v) is 3.14. The minimum Gasteiger partial charge on any atom is -0.383 e. The molecule has 1 rings (SSSR count). The third kappa shape index (κ3) is 7.04. The van der Waals surface area contributed by atoms with Gasteiger partial charge in [0.15, 0.2) is 6.10 Å². The molecular formula is C16H24F3NO2. The van der Waals surface area contributed by atoms with E-state index in [9.17, 15) is 18.0 Å². The van der Waals surface area contributed by atoms with E-state index in [-0.39, 0.29) is 25.3 Å². The molecule has 126 valence electrons. The van der Waals surface area contributed by atoms with E-state index in [0.717, 1.165) is 5.56 Å². The summed E-state index contributed by atoms with van der Waals surface area (Å²) in [5, 5.41) is 12.1. The lowest BCUT2D eigenvalue weighted by Crippen LogP contribution is -2.38. The molecule has 0 amide bonds. The molecule has 0 saturated heterocycles. The molecule has 0 aliphatic heterocycles. The zero-order valence-corrected chi connectivity index (χ0v) is 13.1. The van der Waals surface area contributed by atoms with E-state index in [4.69, 9.17) is 5.11 Å². The Bertz CT molecular complexity index is 410. The van der Waals surface area contributed by atoms with Crippen molar-refractivity contribution in [1.29, 1.82) is 0 Å². The summed E-state index contributed by atoms with van der Waals surface area (Å²) in [4.78, 5) is 10.7. The maximum atomic E-state index is 12.3. The van der Waals surface area contributed by atoms with Crippen LogP contribution in [0.5, 0.6) is 0 Å². The number of aliphatic hydroxyl groups is 1. The second-order valence-electron chi connectivity index (χ2n) is 4.66. The number of alkyl halides is 3. The van der Waals surface area contributed by atoms with Crippen molar-refractivity contribution in [3.05, 3.63) is 35.9 Å². The second kappa shape index (κ2) is 10.3. The van der Waals surface area contributed by atoms with Gasteiger partial charge in [0.1, 0.15) is 6.29 Å². The molecular weight excluding hydrogens is 295 g/mol. The van der Waals surface area contributed by atoms with Crippen LogP contribution in [0.3, 0.4) is 0 Å². The topological polar surface area (TPSA) is 49.3 Å². The fourth-order valence-electron chi connectivity index (χ4n) is 1.87. The van der Waals surface area contributed by atoms with Crippen molar-refractivity contribution in [2.24, 2.45) is 5.92 Å². The SMILES string of the molecule is CC.C[C@@H](NCCC(C=O)C(O)C(F)(F)F)c1ccccc1. The van der Waals surface area contributed by atoms with Gasteiger partial charge in [-0.15, -0.1) is 0 Å². The molecule has 22 heavy (non-hydrogen) atoms. The lowest BCUT2D eigenvalue weighted by molar-refractivity contribution is -0.217. The minimum absolute atomic E-state index is 0.0356. The number of nitrogens with one attached hydrogen (secondary N) is 1. The van der Waals surface area contributed by atoms with Crippen molar-refractivity contribution in [2.75, 3.05) is 6.54 Å². The molecule has 0 aromatic heterocycles. The first kappa shape index (κ1) is 20.6. The Balaban J connectivity index is 0.00000211. The molecule has 0 heterocycles. The Kier molecular flexibility index (Phi) is 9.69. The lowest BCUT2D eigenvalue weighted by Gasteiger charge is -2.21. The van der Waals surface area contributed by atoms with Crippen molar-refractivity contribution in [1.82, 2.24) is 5.32 Å². The van der Waals surface area contributed by atoms with Gasteiger partial charge in [0.2, 0.25) is 0 Å². The molecule has 0 bridgehead atoms. The number of hydrogen-bond donors (Lipinski definition) is 2. The Hall–Kier alpha value is -1.40. The Morgan fingerprint density at radius 3 is 2.23 bits per heavy atom. The average Bonchev–Trinajstić information content (AvgIpc) is 2.52. The molecule has 0 radical (unpaired) electrons. The number of aliphatic hydroxyl groups excluding tert-OH is 1. The van der Waals surface area contributed by atoms with E-state index in [0.29, 0.717) is 0 Å². The normalized spacial score (nSPS) is 15.2. The van der Waals surface area contributed by atoms with E-state index in [1.54, 1.807) is 0 Å². The summed E-state index contributed by atoms with van der Waals surface area (Å²) in [6.07, 6.45) is -7.28. The number of rotatable bonds is 7. The number of carbonyl (C=O) groups is 1. The quantitative estimate of drug-likeness (QED) is 0.756. The predicted octanol–water partition coefficient (Wildman–Crippen LogP) is 3.49. The zero-order valence-electron chi connectivity index (χ0n) is 13.1. The lowest BCUT2D eigenvalue weighted by atomic mass is 9.99. The van der Waals surface area contributed by atoms with Crippen molar-refractivity contribution >= 4 is 6.29 Å². The van der Waals surface area contributed by atoms with Crippen LogP contribution < -0.4 is 5.32 Å². The average molecular weight is 319 g/mol. The number of halogens is 3. The second-order valence-corrected chi connectivity index (χ2v) is 4.66. The molecule has 2 N–H and O–H groups in total. The number of benzene rings is 1. The number of aldehydes is 1. The molecule has 0 fully saturated rings. The first-order valence-corrected chi connectivity index (χ1v) is 7.34. The largest absolute Gasteiger partial charge is 0.415 e. The van der Waals surface area contributed by atoms with Crippen LogP contribution in [0.25, 0.3) is 0 Å². The molecule has 0 aliphatic rings. The highest BCUT2D eigenvalue weighted by molar-refractivity contribution is 5.54. The molecule has 1 aromatic rings. The van der Waals surface area contributed by atoms with Gasteiger partial charge in [0.05, 0.1) is 5.92 Å². The van der Waals surface area contributed by atoms with Crippen LogP contribution in [0.2, 0.25) is 0 Å². The monoisotopic (exact) mass is 319 g/mol. The summed E-state index contributed by atoms with van der Waals surface area (Å²) < 4.78 is 36.9. The Labute approximate surface area is 129 Å². The Morgan fingerprint density at radius 2 is 1.77 bits per heavy atom. The number of hydrogen-bond acceptors (Lipinski definition) is 3. The minimum atomic E-state index is -4.77.